The number of ketones is 1. The third-order valence-corrected chi connectivity index (χ3v) is 6.33. The van der Waals surface area contributed by atoms with Crippen LogP contribution in [0, 0.1) is 5.41 Å². The highest BCUT2D eigenvalue weighted by Gasteiger charge is 2.50. The predicted molar refractivity (Wildman–Crippen MR) is 101 cm³/mol. The lowest BCUT2D eigenvalue weighted by Crippen LogP contribution is -2.50. The molecule has 1 aliphatic heterocycles. The molecule has 0 radical (unpaired) electrons. The van der Waals surface area contributed by atoms with Gasteiger partial charge in [0.15, 0.2) is 5.78 Å². The van der Waals surface area contributed by atoms with Gasteiger partial charge in [0.1, 0.15) is 0 Å². The Morgan fingerprint density at radius 2 is 1.56 bits per heavy atom. The van der Waals surface area contributed by atoms with Gasteiger partial charge in [0.25, 0.3) is 0 Å². The van der Waals surface area contributed by atoms with E-state index in [4.69, 9.17) is 0 Å². The molecule has 2 aliphatic carbocycles. The van der Waals surface area contributed by atoms with Crippen LogP contribution >= 0.6 is 0 Å². The van der Waals surface area contributed by atoms with Crippen LogP contribution in [-0.2, 0) is 12.8 Å². The standard InChI is InChI=1S/C23H23NO/c1-24-14-18-11-10-16-6-2-4-8-19(16)21(18)23(15-24)13-12-17-7-3-5-9-20(17)22(23)25/h2-9H,10-15H2,1H3/t23-/m1/s1. The van der Waals surface area contributed by atoms with Gasteiger partial charge in [-0.3, -0.25) is 4.79 Å². The molecule has 2 aromatic rings. The Labute approximate surface area is 149 Å². The van der Waals surface area contributed by atoms with E-state index < -0.39 is 0 Å². The molecule has 2 heteroatoms. The lowest BCUT2D eigenvalue weighted by Gasteiger charge is -2.48. The summed E-state index contributed by atoms with van der Waals surface area (Å²) in [6.07, 6.45) is 4.12. The predicted octanol–water partition coefficient (Wildman–Crippen LogP) is 4.15. The molecule has 0 unspecified atom stereocenters. The smallest absolute Gasteiger partial charge is 0.174 e. The van der Waals surface area contributed by atoms with E-state index in [0.717, 1.165) is 44.3 Å². The Balaban J connectivity index is 1.74. The van der Waals surface area contributed by atoms with Crippen LogP contribution in [0.1, 0.15) is 39.9 Å². The molecule has 0 fully saturated rings. The number of Topliss-reactive ketones (excluding diaryl/α,β-unsaturated/α-hetero) is 1. The first-order valence-corrected chi connectivity index (χ1v) is 9.31. The molecule has 126 valence electrons. The molecule has 0 saturated carbocycles. The highest BCUT2D eigenvalue weighted by molar-refractivity contribution is 6.11. The van der Waals surface area contributed by atoms with E-state index in [1.54, 1.807) is 0 Å². The van der Waals surface area contributed by atoms with E-state index in [2.05, 4.69) is 48.3 Å². The van der Waals surface area contributed by atoms with Crippen LogP contribution in [0.5, 0.6) is 0 Å². The van der Waals surface area contributed by atoms with Crippen molar-refractivity contribution in [3.05, 3.63) is 76.4 Å². The van der Waals surface area contributed by atoms with E-state index in [1.807, 2.05) is 12.1 Å². The molecule has 2 nitrogen and oxygen atoms in total. The zero-order valence-corrected chi connectivity index (χ0v) is 14.7. The average Bonchev–Trinajstić information content (AvgIpc) is 2.64. The normalized spacial score (nSPS) is 25.6. The second-order valence-electron chi connectivity index (χ2n) is 7.88. The minimum atomic E-state index is -0.368. The van der Waals surface area contributed by atoms with Crippen LogP contribution in [0.25, 0.3) is 5.57 Å². The number of nitrogens with zero attached hydrogens (tertiary/aromatic N) is 1. The van der Waals surface area contributed by atoms with Crippen molar-refractivity contribution in [3.8, 4) is 0 Å². The largest absolute Gasteiger partial charge is 0.301 e. The maximum absolute atomic E-state index is 13.7. The average molecular weight is 329 g/mol. The van der Waals surface area contributed by atoms with Crippen molar-refractivity contribution in [3.63, 3.8) is 0 Å². The first-order valence-electron chi connectivity index (χ1n) is 9.31. The Kier molecular flexibility index (Phi) is 3.26. The van der Waals surface area contributed by atoms with E-state index >= 15 is 0 Å². The molecule has 3 aliphatic rings. The number of hydrogen-bond donors (Lipinski definition) is 0. The number of carbonyl (C=O) groups is 1. The number of benzene rings is 2. The molecule has 1 atom stereocenters. The summed E-state index contributed by atoms with van der Waals surface area (Å²) in [5, 5.41) is 0. The van der Waals surface area contributed by atoms with E-state index in [-0.39, 0.29) is 5.41 Å². The Morgan fingerprint density at radius 3 is 2.36 bits per heavy atom. The molecular weight excluding hydrogens is 306 g/mol. The molecule has 1 heterocycles. The number of carbonyl (C=O) groups excluding carboxylic acids is 1. The second-order valence-corrected chi connectivity index (χ2v) is 7.88. The minimum absolute atomic E-state index is 0.338. The van der Waals surface area contributed by atoms with Crippen LogP contribution in [0.4, 0.5) is 0 Å². The maximum atomic E-state index is 13.7. The Bertz CT molecular complexity index is 910. The van der Waals surface area contributed by atoms with Crippen molar-refractivity contribution >= 4 is 11.4 Å². The van der Waals surface area contributed by atoms with Gasteiger partial charge in [0.05, 0.1) is 5.41 Å². The molecule has 0 aromatic heterocycles. The second kappa shape index (κ2) is 5.40. The molecule has 2 aromatic carbocycles. The van der Waals surface area contributed by atoms with Crippen LogP contribution < -0.4 is 0 Å². The van der Waals surface area contributed by atoms with Crippen molar-refractivity contribution in [2.45, 2.75) is 25.7 Å². The van der Waals surface area contributed by atoms with E-state index in [1.165, 1.54) is 27.8 Å². The van der Waals surface area contributed by atoms with Gasteiger partial charge in [-0.2, -0.15) is 0 Å². The van der Waals surface area contributed by atoms with Gasteiger partial charge in [0, 0.05) is 18.7 Å². The van der Waals surface area contributed by atoms with Crippen molar-refractivity contribution in [2.24, 2.45) is 5.41 Å². The Morgan fingerprint density at radius 1 is 0.880 bits per heavy atom. The van der Waals surface area contributed by atoms with Gasteiger partial charge in [-0.15, -0.1) is 0 Å². The molecule has 0 saturated heterocycles. The molecule has 5 rings (SSSR count). The minimum Gasteiger partial charge on any atom is -0.301 e. The van der Waals surface area contributed by atoms with Gasteiger partial charge < -0.3 is 4.90 Å². The number of fused-ring (bicyclic) bond motifs is 4. The number of rotatable bonds is 0. The van der Waals surface area contributed by atoms with Crippen LogP contribution in [0.15, 0.2) is 54.1 Å². The summed E-state index contributed by atoms with van der Waals surface area (Å²) in [6, 6.07) is 17.0. The van der Waals surface area contributed by atoms with Crippen molar-refractivity contribution in [1.82, 2.24) is 4.90 Å². The Hall–Kier alpha value is -2.19. The topological polar surface area (TPSA) is 20.3 Å². The van der Waals surface area contributed by atoms with Gasteiger partial charge in [0.2, 0.25) is 0 Å². The zero-order chi connectivity index (χ0) is 17.0. The molecule has 0 amide bonds. The van der Waals surface area contributed by atoms with Crippen molar-refractivity contribution in [1.29, 1.82) is 0 Å². The maximum Gasteiger partial charge on any atom is 0.174 e. The summed E-state index contributed by atoms with van der Waals surface area (Å²) in [4.78, 5) is 16.1. The first kappa shape index (κ1) is 15.1. The zero-order valence-electron chi connectivity index (χ0n) is 14.7. The summed E-state index contributed by atoms with van der Waals surface area (Å²) in [6.45, 7) is 1.84. The number of hydrogen-bond acceptors (Lipinski definition) is 2. The van der Waals surface area contributed by atoms with Crippen LogP contribution in [0.2, 0.25) is 0 Å². The van der Waals surface area contributed by atoms with E-state index in [0.29, 0.717) is 5.78 Å². The quantitative estimate of drug-likeness (QED) is 0.724. The lowest BCUT2D eigenvalue weighted by molar-refractivity contribution is 0.0772. The summed E-state index contributed by atoms with van der Waals surface area (Å²) >= 11 is 0. The molecule has 25 heavy (non-hydrogen) atoms. The third kappa shape index (κ3) is 2.10. The first-order chi connectivity index (χ1) is 12.2. The third-order valence-electron chi connectivity index (χ3n) is 6.33. The summed E-state index contributed by atoms with van der Waals surface area (Å²) in [7, 11) is 2.17. The fourth-order valence-electron chi connectivity index (χ4n) is 5.33. The lowest BCUT2D eigenvalue weighted by atomic mass is 9.60. The summed E-state index contributed by atoms with van der Waals surface area (Å²) < 4.78 is 0. The van der Waals surface area contributed by atoms with Crippen LogP contribution in [-0.4, -0.2) is 30.8 Å². The molecule has 1 spiro atoms. The monoisotopic (exact) mass is 329 g/mol. The SMILES string of the molecule is CN1CC2=C(c3ccccc3CC2)[C@@]2(CCc3ccccc3C2=O)C1. The number of likely N-dealkylation sites (N-methyl/N-ethyl adjacent to an activating group) is 1. The van der Waals surface area contributed by atoms with Gasteiger partial charge in [-0.1, -0.05) is 54.1 Å². The number of aryl methyl sites for hydroxylation is 2. The summed E-state index contributed by atoms with van der Waals surface area (Å²) in [5.74, 6) is 0.338. The van der Waals surface area contributed by atoms with E-state index in [9.17, 15) is 4.79 Å². The highest BCUT2D eigenvalue weighted by atomic mass is 16.1. The van der Waals surface area contributed by atoms with Gasteiger partial charge in [-0.25, -0.2) is 0 Å². The van der Waals surface area contributed by atoms with Gasteiger partial charge in [-0.05, 0) is 55.0 Å². The fourth-order valence-corrected chi connectivity index (χ4v) is 5.33. The summed E-state index contributed by atoms with van der Waals surface area (Å²) in [5.41, 5.74) is 7.40. The molecular formula is C23H23NO. The van der Waals surface area contributed by atoms with Crippen LogP contribution in [0.3, 0.4) is 0 Å². The molecule has 0 N–H and O–H groups in total. The van der Waals surface area contributed by atoms with Gasteiger partial charge >= 0.3 is 0 Å². The highest BCUT2D eigenvalue weighted by Crippen LogP contribution is 2.52. The fraction of sp³-hybridized carbons (Fsp3) is 0.348. The molecule has 0 bridgehead atoms. The van der Waals surface area contributed by atoms with Crippen molar-refractivity contribution in [2.75, 3.05) is 20.1 Å². The van der Waals surface area contributed by atoms with Crippen molar-refractivity contribution < 1.29 is 4.79 Å².